The summed E-state index contributed by atoms with van der Waals surface area (Å²) in [6, 6.07) is 4.26. The Morgan fingerprint density at radius 2 is 2.14 bits per heavy atom. The van der Waals surface area contributed by atoms with Crippen molar-refractivity contribution in [3.8, 4) is 0 Å². The molecule has 2 heterocycles. The molecule has 1 saturated heterocycles. The Balaban J connectivity index is 0.00000392. The highest BCUT2D eigenvalue weighted by atomic mass is 127. The molecule has 1 aliphatic rings. The lowest BCUT2D eigenvalue weighted by atomic mass is 10.1. The largest absolute Gasteiger partial charge is 0.357 e. The molecule has 2 rings (SSSR count). The lowest BCUT2D eigenvalue weighted by Crippen LogP contribution is -2.47. The number of rotatable bonds is 8. The molecule has 0 aliphatic carbocycles. The molecule has 0 spiro atoms. The van der Waals surface area contributed by atoms with Gasteiger partial charge in [-0.05, 0) is 38.1 Å². The molecule has 1 fully saturated rings. The van der Waals surface area contributed by atoms with E-state index in [1.807, 2.05) is 6.92 Å². The van der Waals surface area contributed by atoms with Gasteiger partial charge in [-0.15, -0.1) is 35.3 Å². The minimum Gasteiger partial charge on any atom is -0.357 e. The van der Waals surface area contributed by atoms with E-state index in [-0.39, 0.29) is 24.0 Å². The van der Waals surface area contributed by atoms with Crippen LogP contribution < -0.4 is 10.6 Å². The van der Waals surface area contributed by atoms with E-state index < -0.39 is 10.0 Å². The van der Waals surface area contributed by atoms with Crippen LogP contribution in [0.1, 0.15) is 27.7 Å². The van der Waals surface area contributed by atoms with Crippen molar-refractivity contribution in [2.24, 2.45) is 10.9 Å². The van der Waals surface area contributed by atoms with Crippen molar-refractivity contribution in [3.63, 3.8) is 0 Å². The van der Waals surface area contributed by atoms with Crippen LogP contribution in [0.5, 0.6) is 0 Å². The normalized spacial score (nSPS) is 21.2. The third-order valence-corrected chi connectivity index (χ3v) is 8.11. The monoisotopic (exact) mass is 543 g/mol. The Morgan fingerprint density at radius 3 is 2.68 bits per heavy atom. The lowest BCUT2D eigenvalue weighted by Gasteiger charge is -2.22. The molecule has 0 amide bonds. The van der Waals surface area contributed by atoms with Crippen LogP contribution in [0.25, 0.3) is 0 Å². The zero-order chi connectivity index (χ0) is 20.0. The van der Waals surface area contributed by atoms with Crippen LogP contribution in [-0.2, 0) is 10.0 Å². The van der Waals surface area contributed by atoms with Gasteiger partial charge in [-0.3, -0.25) is 9.89 Å². The number of hydrogen-bond acceptors (Lipinski definition) is 5. The summed E-state index contributed by atoms with van der Waals surface area (Å²) >= 11 is 1.24. The quantitative estimate of drug-likeness (QED) is 0.299. The number of guanidine groups is 1. The minimum absolute atomic E-state index is 0. The van der Waals surface area contributed by atoms with Crippen molar-refractivity contribution in [3.05, 3.63) is 17.5 Å². The number of likely N-dealkylation sites (N-methyl/N-ethyl adjacent to an activating group) is 1. The van der Waals surface area contributed by atoms with Crippen LogP contribution >= 0.6 is 35.3 Å². The van der Waals surface area contributed by atoms with Crippen LogP contribution in [-0.4, -0.2) is 75.4 Å². The summed E-state index contributed by atoms with van der Waals surface area (Å²) in [7, 11) is -1.82. The van der Waals surface area contributed by atoms with Gasteiger partial charge in [-0.1, -0.05) is 13.0 Å². The molecule has 28 heavy (non-hydrogen) atoms. The topological polar surface area (TPSA) is 77.0 Å². The number of hydrogen-bond donors (Lipinski definition) is 2. The third kappa shape index (κ3) is 6.82. The Labute approximate surface area is 191 Å². The van der Waals surface area contributed by atoms with Gasteiger partial charge in [-0.2, -0.15) is 4.31 Å². The summed E-state index contributed by atoms with van der Waals surface area (Å²) in [6.07, 6.45) is 0. The van der Waals surface area contributed by atoms with Crippen LogP contribution in [0.4, 0.5) is 0 Å². The molecule has 0 radical (unpaired) electrons. The highest BCUT2D eigenvalue weighted by molar-refractivity contribution is 14.0. The predicted molar refractivity (Wildman–Crippen MR) is 128 cm³/mol. The van der Waals surface area contributed by atoms with Crippen molar-refractivity contribution < 1.29 is 8.42 Å². The molecule has 0 saturated carbocycles. The second-order valence-electron chi connectivity index (χ2n) is 7.30. The number of thiophene rings is 1. The van der Waals surface area contributed by atoms with Crippen LogP contribution in [0, 0.1) is 5.92 Å². The maximum Gasteiger partial charge on any atom is 0.252 e. The molecule has 2 atom stereocenters. The summed E-state index contributed by atoms with van der Waals surface area (Å²) in [5.74, 6) is 1.29. The van der Waals surface area contributed by atoms with Crippen LogP contribution in [0.15, 0.2) is 26.7 Å². The molecule has 10 heteroatoms. The van der Waals surface area contributed by atoms with Gasteiger partial charge < -0.3 is 10.6 Å². The number of nitrogens with one attached hydrogen (secondary N) is 2. The summed E-state index contributed by atoms with van der Waals surface area (Å²) in [4.78, 5) is 7.05. The van der Waals surface area contributed by atoms with Gasteiger partial charge in [0.05, 0.1) is 6.54 Å². The summed E-state index contributed by atoms with van der Waals surface area (Å²) in [5, 5.41) is 8.56. The molecule has 2 unspecified atom stereocenters. The van der Waals surface area contributed by atoms with E-state index in [9.17, 15) is 8.42 Å². The van der Waals surface area contributed by atoms with E-state index in [0.29, 0.717) is 35.3 Å². The van der Waals surface area contributed by atoms with E-state index in [1.54, 1.807) is 24.6 Å². The molecule has 1 aromatic rings. The van der Waals surface area contributed by atoms with Gasteiger partial charge in [0.15, 0.2) is 5.96 Å². The van der Waals surface area contributed by atoms with Gasteiger partial charge in [-0.25, -0.2) is 8.42 Å². The van der Waals surface area contributed by atoms with Gasteiger partial charge in [0, 0.05) is 45.3 Å². The zero-order valence-corrected chi connectivity index (χ0v) is 21.3. The van der Waals surface area contributed by atoms with Crippen molar-refractivity contribution in [2.45, 2.75) is 44.0 Å². The summed E-state index contributed by atoms with van der Waals surface area (Å²) < 4.78 is 26.7. The lowest BCUT2D eigenvalue weighted by molar-refractivity contribution is 0.265. The first-order chi connectivity index (χ1) is 12.8. The highest BCUT2D eigenvalue weighted by Crippen LogP contribution is 2.20. The first-order valence-corrected chi connectivity index (χ1v) is 11.9. The average Bonchev–Trinajstić information content (AvgIpc) is 3.26. The number of likely N-dealkylation sites (tertiary alicyclic amines) is 1. The highest BCUT2D eigenvalue weighted by Gasteiger charge is 2.31. The van der Waals surface area contributed by atoms with E-state index in [4.69, 9.17) is 0 Å². The predicted octanol–water partition coefficient (Wildman–Crippen LogP) is 2.27. The van der Waals surface area contributed by atoms with Gasteiger partial charge >= 0.3 is 0 Å². The van der Waals surface area contributed by atoms with E-state index in [0.717, 1.165) is 25.6 Å². The van der Waals surface area contributed by atoms with Crippen molar-refractivity contribution in [1.82, 2.24) is 19.8 Å². The fourth-order valence-electron chi connectivity index (χ4n) is 3.10. The van der Waals surface area contributed by atoms with Gasteiger partial charge in [0.25, 0.3) is 10.0 Å². The second kappa shape index (κ2) is 11.7. The SMILES string of the molecule is CCNC(=NCCN(C)S(=O)(=O)c1cccs1)NC1CN(C(C)C)CC1C.I. The van der Waals surface area contributed by atoms with Crippen molar-refractivity contribution >= 4 is 51.3 Å². The Morgan fingerprint density at radius 1 is 1.43 bits per heavy atom. The Bertz CT molecular complexity index is 710. The van der Waals surface area contributed by atoms with Crippen molar-refractivity contribution in [2.75, 3.05) is 39.8 Å². The maximum atomic E-state index is 12.5. The molecular weight excluding hydrogens is 509 g/mol. The number of nitrogens with zero attached hydrogens (tertiary/aromatic N) is 3. The first-order valence-electron chi connectivity index (χ1n) is 9.54. The molecule has 7 nitrogen and oxygen atoms in total. The van der Waals surface area contributed by atoms with E-state index in [2.05, 4.69) is 41.3 Å². The summed E-state index contributed by atoms with van der Waals surface area (Å²) in [6.45, 7) is 12.3. The summed E-state index contributed by atoms with van der Waals surface area (Å²) in [5.41, 5.74) is 0. The molecule has 1 aliphatic heterocycles. The molecule has 2 N–H and O–H groups in total. The number of halogens is 1. The number of aliphatic imine (C=N–C) groups is 1. The molecule has 0 aromatic carbocycles. The molecule has 162 valence electrons. The second-order valence-corrected chi connectivity index (χ2v) is 10.5. The first kappa shape index (κ1) is 25.6. The van der Waals surface area contributed by atoms with Crippen LogP contribution in [0.2, 0.25) is 0 Å². The average molecular weight is 544 g/mol. The van der Waals surface area contributed by atoms with E-state index >= 15 is 0 Å². The number of sulfonamides is 1. The zero-order valence-electron chi connectivity index (χ0n) is 17.4. The van der Waals surface area contributed by atoms with Gasteiger partial charge in [0.2, 0.25) is 0 Å². The van der Waals surface area contributed by atoms with Gasteiger partial charge in [0.1, 0.15) is 4.21 Å². The fourth-order valence-corrected chi connectivity index (χ4v) is 5.46. The fraction of sp³-hybridized carbons (Fsp3) is 0.722. The standard InChI is InChI=1S/C18H33N5O2S2.HI/c1-6-19-18(21-16-13-23(14(2)3)12-15(16)4)20-9-10-22(5)27(24,25)17-8-7-11-26-17;/h7-8,11,14-16H,6,9-10,12-13H2,1-5H3,(H2,19,20,21);1H. The van der Waals surface area contributed by atoms with E-state index in [1.165, 1.54) is 15.6 Å². The van der Waals surface area contributed by atoms with Crippen molar-refractivity contribution in [1.29, 1.82) is 0 Å². The third-order valence-electron chi connectivity index (χ3n) is 4.88. The molecule has 1 aromatic heterocycles. The molecular formula is C18H34IN5O2S2. The van der Waals surface area contributed by atoms with Crippen LogP contribution in [0.3, 0.4) is 0 Å². The Hall–Kier alpha value is -0.430. The molecule has 0 bridgehead atoms. The maximum absolute atomic E-state index is 12.5. The Kier molecular flexibility index (Phi) is 10.7. The minimum atomic E-state index is -3.42. The smallest absolute Gasteiger partial charge is 0.252 e.